The lowest BCUT2D eigenvalue weighted by atomic mass is 9.88. The first kappa shape index (κ1) is 14.8. The largest absolute Gasteiger partial charge is 0.451 e. The third kappa shape index (κ3) is 3.54. The highest BCUT2D eigenvalue weighted by Crippen LogP contribution is 2.29. The van der Waals surface area contributed by atoms with Crippen molar-refractivity contribution in [1.82, 2.24) is 14.9 Å². The van der Waals surface area contributed by atoms with Crippen LogP contribution in [0.3, 0.4) is 0 Å². The third-order valence-electron chi connectivity index (χ3n) is 4.52. The number of fused-ring (bicyclic) bond motifs is 1. The lowest BCUT2D eigenvalue weighted by molar-refractivity contribution is -0.145. The van der Waals surface area contributed by atoms with E-state index in [-0.39, 0.29) is 0 Å². The van der Waals surface area contributed by atoms with Gasteiger partial charge in [0.1, 0.15) is 0 Å². The summed E-state index contributed by atoms with van der Waals surface area (Å²) in [7, 11) is 0. The fourth-order valence-electron chi connectivity index (χ4n) is 3.38. The molecule has 0 N–H and O–H groups in total. The van der Waals surface area contributed by atoms with Crippen molar-refractivity contribution >= 4 is 0 Å². The van der Waals surface area contributed by atoms with E-state index in [1.807, 2.05) is 0 Å². The summed E-state index contributed by atoms with van der Waals surface area (Å²) in [6, 6.07) is 0. The number of hydrogen-bond donors (Lipinski definition) is 0. The fraction of sp³-hybridized carbons (Fsp3) is 0.733. The molecular weight excluding hydrogens is 279 g/mol. The monoisotopic (exact) mass is 299 g/mol. The molecule has 6 heteroatoms. The number of aromatic nitrogens is 2. The number of nitrogens with zero attached hydrogens (tertiary/aromatic N) is 3. The van der Waals surface area contributed by atoms with Crippen LogP contribution < -0.4 is 0 Å². The molecule has 0 atom stereocenters. The summed E-state index contributed by atoms with van der Waals surface area (Å²) in [5.74, 6) is -0.315. The molecule has 0 radical (unpaired) electrons. The first-order chi connectivity index (χ1) is 10.0. The summed E-state index contributed by atoms with van der Waals surface area (Å²) in [6.07, 6.45) is 4.04. The summed E-state index contributed by atoms with van der Waals surface area (Å²) >= 11 is 0. The molecule has 116 valence electrons. The van der Waals surface area contributed by atoms with Crippen molar-refractivity contribution in [3.8, 4) is 0 Å². The van der Waals surface area contributed by atoms with Crippen LogP contribution in [0, 0.1) is 5.92 Å². The van der Waals surface area contributed by atoms with E-state index < -0.39 is 12.0 Å². The smallest absolute Gasteiger partial charge is 0.297 e. The van der Waals surface area contributed by atoms with Crippen LogP contribution in [0.25, 0.3) is 0 Å². The molecule has 2 heterocycles. The summed E-state index contributed by atoms with van der Waals surface area (Å²) in [6.45, 7) is 2.42. The standard InChI is InChI=1S/C15H20F3N3/c16-15(17,18)14-19-8-12-6-7-21(10-13(12)20-14)9-11-4-2-1-3-5-11/h8,11H,1-7,9-10H2. The predicted molar refractivity (Wildman–Crippen MR) is 72.6 cm³/mol. The molecule has 0 aromatic carbocycles. The molecule has 1 aromatic heterocycles. The summed E-state index contributed by atoms with van der Waals surface area (Å²) in [5.41, 5.74) is 1.42. The van der Waals surface area contributed by atoms with Gasteiger partial charge in [0.05, 0.1) is 5.69 Å². The highest BCUT2D eigenvalue weighted by molar-refractivity contribution is 5.21. The van der Waals surface area contributed by atoms with Crippen LogP contribution in [0.2, 0.25) is 0 Å². The zero-order valence-electron chi connectivity index (χ0n) is 12.0. The summed E-state index contributed by atoms with van der Waals surface area (Å²) in [4.78, 5) is 9.45. The zero-order valence-corrected chi connectivity index (χ0v) is 12.0. The Hall–Kier alpha value is -1.17. The number of alkyl halides is 3. The van der Waals surface area contributed by atoms with Gasteiger partial charge in [-0.05, 0) is 30.7 Å². The predicted octanol–water partition coefficient (Wildman–Crippen LogP) is 3.43. The zero-order chi connectivity index (χ0) is 14.9. The SMILES string of the molecule is FC(F)(F)c1ncc2c(n1)CN(CC1CCCCC1)CC2. The van der Waals surface area contributed by atoms with Crippen molar-refractivity contribution in [3.05, 3.63) is 23.3 Å². The lowest BCUT2D eigenvalue weighted by Gasteiger charge is -2.32. The van der Waals surface area contributed by atoms with Gasteiger partial charge < -0.3 is 0 Å². The fourth-order valence-corrected chi connectivity index (χ4v) is 3.38. The Kier molecular flexibility index (Phi) is 4.15. The molecule has 1 saturated carbocycles. The quantitative estimate of drug-likeness (QED) is 0.837. The Balaban J connectivity index is 1.68. The maximum absolute atomic E-state index is 12.7. The average molecular weight is 299 g/mol. The van der Waals surface area contributed by atoms with Gasteiger partial charge in [-0.3, -0.25) is 4.90 Å². The highest BCUT2D eigenvalue weighted by Gasteiger charge is 2.35. The second-order valence-electron chi connectivity index (χ2n) is 6.15. The molecule has 0 unspecified atom stereocenters. The normalized spacial score (nSPS) is 21.3. The second kappa shape index (κ2) is 5.91. The van der Waals surface area contributed by atoms with Gasteiger partial charge in [0.15, 0.2) is 0 Å². The molecular formula is C15H20F3N3. The minimum atomic E-state index is -4.46. The number of rotatable bonds is 2. The van der Waals surface area contributed by atoms with Crippen LogP contribution in [0.5, 0.6) is 0 Å². The first-order valence-electron chi connectivity index (χ1n) is 7.67. The minimum Gasteiger partial charge on any atom is -0.297 e. The minimum absolute atomic E-state index is 0.525. The van der Waals surface area contributed by atoms with Gasteiger partial charge in [0, 0.05) is 25.8 Å². The topological polar surface area (TPSA) is 29.0 Å². The van der Waals surface area contributed by atoms with Crippen molar-refractivity contribution in [2.24, 2.45) is 5.92 Å². The Bertz CT molecular complexity index is 495. The molecule has 1 fully saturated rings. The Morgan fingerprint density at radius 3 is 2.67 bits per heavy atom. The van der Waals surface area contributed by atoms with Crippen molar-refractivity contribution in [2.75, 3.05) is 13.1 Å². The summed E-state index contributed by atoms with van der Waals surface area (Å²) < 4.78 is 38.1. The average Bonchev–Trinajstić information content (AvgIpc) is 2.46. The molecule has 0 amide bonds. The molecule has 1 aliphatic carbocycles. The van der Waals surface area contributed by atoms with E-state index in [1.165, 1.54) is 38.3 Å². The van der Waals surface area contributed by atoms with Crippen molar-refractivity contribution in [1.29, 1.82) is 0 Å². The van der Waals surface area contributed by atoms with Crippen LogP contribution >= 0.6 is 0 Å². The van der Waals surface area contributed by atoms with E-state index >= 15 is 0 Å². The molecule has 0 saturated heterocycles. The molecule has 2 aliphatic rings. The summed E-state index contributed by atoms with van der Waals surface area (Å²) in [5, 5.41) is 0. The molecule has 21 heavy (non-hydrogen) atoms. The van der Waals surface area contributed by atoms with Crippen LogP contribution in [0.15, 0.2) is 6.20 Å². The molecule has 3 rings (SSSR count). The maximum Gasteiger partial charge on any atom is 0.451 e. The lowest BCUT2D eigenvalue weighted by Crippen LogP contribution is -2.36. The van der Waals surface area contributed by atoms with Gasteiger partial charge >= 0.3 is 6.18 Å². The molecule has 0 bridgehead atoms. The molecule has 0 spiro atoms. The van der Waals surface area contributed by atoms with E-state index in [1.54, 1.807) is 0 Å². The Labute approximate surface area is 122 Å². The van der Waals surface area contributed by atoms with E-state index in [4.69, 9.17) is 0 Å². The van der Waals surface area contributed by atoms with Crippen LogP contribution in [-0.4, -0.2) is 28.0 Å². The molecule has 1 aromatic rings. The van der Waals surface area contributed by atoms with Gasteiger partial charge in [0.2, 0.25) is 5.82 Å². The van der Waals surface area contributed by atoms with E-state index in [0.717, 1.165) is 25.1 Å². The van der Waals surface area contributed by atoms with Gasteiger partial charge in [0.25, 0.3) is 0 Å². The maximum atomic E-state index is 12.7. The van der Waals surface area contributed by atoms with Gasteiger partial charge in [-0.2, -0.15) is 13.2 Å². The Morgan fingerprint density at radius 2 is 1.95 bits per heavy atom. The van der Waals surface area contributed by atoms with Crippen molar-refractivity contribution in [3.63, 3.8) is 0 Å². The van der Waals surface area contributed by atoms with Crippen molar-refractivity contribution < 1.29 is 13.2 Å². The van der Waals surface area contributed by atoms with E-state index in [0.29, 0.717) is 18.2 Å². The van der Waals surface area contributed by atoms with Gasteiger partial charge in [-0.15, -0.1) is 0 Å². The number of halogens is 3. The van der Waals surface area contributed by atoms with Gasteiger partial charge in [-0.1, -0.05) is 19.3 Å². The van der Waals surface area contributed by atoms with E-state index in [2.05, 4.69) is 14.9 Å². The Morgan fingerprint density at radius 1 is 1.19 bits per heavy atom. The molecule has 1 aliphatic heterocycles. The second-order valence-corrected chi connectivity index (χ2v) is 6.15. The number of hydrogen-bond acceptors (Lipinski definition) is 3. The van der Waals surface area contributed by atoms with E-state index in [9.17, 15) is 13.2 Å². The first-order valence-corrected chi connectivity index (χ1v) is 7.67. The van der Waals surface area contributed by atoms with Gasteiger partial charge in [-0.25, -0.2) is 9.97 Å². The third-order valence-corrected chi connectivity index (χ3v) is 4.52. The highest BCUT2D eigenvalue weighted by atomic mass is 19.4. The van der Waals surface area contributed by atoms with Crippen molar-refractivity contribution in [2.45, 2.75) is 51.2 Å². The van der Waals surface area contributed by atoms with Crippen LogP contribution in [0.1, 0.15) is 49.2 Å². The molecule has 3 nitrogen and oxygen atoms in total. The van der Waals surface area contributed by atoms with Crippen LogP contribution in [0.4, 0.5) is 13.2 Å². The van der Waals surface area contributed by atoms with Crippen LogP contribution in [-0.2, 0) is 19.1 Å².